The standard InChI is InChI=1S/C17H24F2N4O/c1-3-20-17(23-11-9-22(10-12-23)13(2)24)21-8-7-14-5-4-6-15(18)16(14)19/h4-6H,3,7-12H2,1-2H3,(H,20,21). The number of benzene rings is 1. The number of hydrogen-bond acceptors (Lipinski definition) is 2. The van der Waals surface area contributed by atoms with Gasteiger partial charge in [0.05, 0.1) is 0 Å². The second-order valence-electron chi connectivity index (χ2n) is 5.69. The van der Waals surface area contributed by atoms with Crippen LogP contribution in [0.2, 0.25) is 0 Å². The molecular formula is C17H24F2N4O. The van der Waals surface area contributed by atoms with E-state index in [0.717, 1.165) is 18.6 Å². The molecule has 132 valence electrons. The number of nitrogens with one attached hydrogen (secondary N) is 1. The number of carbonyl (C=O) groups excluding carboxylic acids is 1. The molecular weight excluding hydrogens is 314 g/mol. The van der Waals surface area contributed by atoms with Crippen molar-refractivity contribution >= 4 is 11.9 Å². The van der Waals surface area contributed by atoms with Crippen LogP contribution in [-0.2, 0) is 11.2 Å². The molecule has 24 heavy (non-hydrogen) atoms. The summed E-state index contributed by atoms with van der Waals surface area (Å²) in [6, 6.07) is 4.19. The predicted octanol–water partition coefficient (Wildman–Crippen LogP) is 1.64. The van der Waals surface area contributed by atoms with E-state index in [9.17, 15) is 13.6 Å². The van der Waals surface area contributed by atoms with Gasteiger partial charge in [-0.1, -0.05) is 12.1 Å². The van der Waals surface area contributed by atoms with Crippen LogP contribution < -0.4 is 5.32 Å². The van der Waals surface area contributed by atoms with Crippen LogP contribution in [0.15, 0.2) is 23.2 Å². The van der Waals surface area contributed by atoms with Crippen molar-refractivity contribution in [2.45, 2.75) is 20.3 Å². The Balaban J connectivity index is 1.96. The first-order valence-electron chi connectivity index (χ1n) is 8.24. The molecule has 1 heterocycles. The first-order valence-corrected chi connectivity index (χ1v) is 8.24. The molecule has 1 N–H and O–H groups in total. The summed E-state index contributed by atoms with van der Waals surface area (Å²) in [6.07, 6.45) is 0.339. The van der Waals surface area contributed by atoms with E-state index in [0.29, 0.717) is 44.7 Å². The van der Waals surface area contributed by atoms with Crippen molar-refractivity contribution in [3.05, 3.63) is 35.4 Å². The second-order valence-corrected chi connectivity index (χ2v) is 5.69. The highest BCUT2D eigenvalue weighted by molar-refractivity contribution is 5.80. The number of carbonyl (C=O) groups is 1. The predicted molar refractivity (Wildman–Crippen MR) is 89.9 cm³/mol. The molecule has 5 nitrogen and oxygen atoms in total. The lowest BCUT2D eigenvalue weighted by atomic mass is 10.1. The highest BCUT2D eigenvalue weighted by Crippen LogP contribution is 2.12. The first kappa shape index (κ1) is 18.2. The summed E-state index contributed by atoms with van der Waals surface area (Å²) in [5.74, 6) is -0.799. The molecule has 1 aliphatic heterocycles. The number of aliphatic imine (C=N–C) groups is 1. The van der Waals surface area contributed by atoms with E-state index in [2.05, 4.69) is 15.2 Å². The SMILES string of the molecule is CCNC(=NCCc1cccc(F)c1F)N1CCN(C(C)=O)CC1. The van der Waals surface area contributed by atoms with Crippen LogP contribution >= 0.6 is 0 Å². The Labute approximate surface area is 141 Å². The molecule has 1 aromatic carbocycles. The molecule has 1 aromatic rings. The maximum Gasteiger partial charge on any atom is 0.219 e. The molecule has 1 saturated heterocycles. The van der Waals surface area contributed by atoms with Gasteiger partial charge < -0.3 is 15.1 Å². The molecule has 1 fully saturated rings. The highest BCUT2D eigenvalue weighted by Gasteiger charge is 2.20. The van der Waals surface area contributed by atoms with E-state index < -0.39 is 11.6 Å². The van der Waals surface area contributed by atoms with Gasteiger partial charge in [0.25, 0.3) is 0 Å². The smallest absolute Gasteiger partial charge is 0.219 e. The van der Waals surface area contributed by atoms with Crippen LogP contribution in [0.5, 0.6) is 0 Å². The summed E-state index contributed by atoms with van der Waals surface area (Å²) in [5.41, 5.74) is 0.330. The van der Waals surface area contributed by atoms with Gasteiger partial charge in [0.2, 0.25) is 5.91 Å². The van der Waals surface area contributed by atoms with Gasteiger partial charge in [-0.15, -0.1) is 0 Å². The van der Waals surface area contributed by atoms with Gasteiger partial charge in [-0.25, -0.2) is 8.78 Å². The molecule has 0 aromatic heterocycles. The fraction of sp³-hybridized carbons (Fsp3) is 0.529. The normalized spacial score (nSPS) is 15.6. The van der Waals surface area contributed by atoms with Crippen LogP contribution in [0.25, 0.3) is 0 Å². The minimum atomic E-state index is -0.830. The van der Waals surface area contributed by atoms with Crippen LogP contribution in [0.1, 0.15) is 19.4 Å². The van der Waals surface area contributed by atoms with Crippen molar-refractivity contribution in [2.75, 3.05) is 39.3 Å². The highest BCUT2D eigenvalue weighted by atomic mass is 19.2. The second kappa shape index (κ2) is 8.61. The molecule has 1 aliphatic rings. The lowest BCUT2D eigenvalue weighted by molar-refractivity contribution is -0.130. The molecule has 1 amide bonds. The Morgan fingerprint density at radius 3 is 2.50 bits per heavy atom. The topological polar surface area (TPSA) is 47.9 Å². The summed E-state index contributed by atoms with van der Waals surface area (Å²) < 4.78 is 26.9. The van der Waals surface area contributed by atoms with Crippen molar-refractivity contribution in [3.8, 4) is 0 Å². The largest absolute Gasteiger partial charge is 0.357 e. The van der Waals surface area contributed by atoms with Gasteiger partial charge in [0.15, 0.2) is 17.6 Å². The molecule has 0 radical (unpaired) electrons. The Hall–Kier alpha value is -2.18. The first-order chi connectivity index (χ1) is 11.5. The summed E-state index contributed by atoms with van der Waals surface area (Å²) in [4.78, 5) is 19.8. The monoisotopic (exact) mass is 338 g/mol. The van der Waals surface area contributed by atoms with E-state index >= 15 is 0 Å². The number of piperazine rings is 1. The van der Waals surface area contributed by atoms with Gasteiger partial charge in [-0.2, -0.15) is 0 Å². The van der Waals surface area contributed by atoms with Crippen molar-refractivity contribution < 1.29 is 13.6 Å². The van der Waals surface area contributed by atoms with Gasteiger partial charge in [0, 0.05) is 46.2 Å². The molecule has 0 unspecified atom stereocenters. The lowest BCUT2D eigenvalue weighted by Gasteiger charge is -2.36. The van der Waals surface area contributed by atoms with Gasteiger partial charge >= 0.3 is 0 Å². The fourth-order valence-corrected chi connectivity index (χ4v) is 2.68. The lowest BCUT2D eigenvalue weighted by Crippen LogP contribution is -2.53. The number of guanidine groups is 1. The summed E-state index contributed by atoms with van der Waals surface area (Å²) >= 11 is 0. The zero-order valence-electron chi connectivity index (χ0n) is 14.2. The molecule has 0 atom stereocenters. The number of nitrogens with zero attached hydrogens (tertiary/aromatic N) is 3. The van der Waals surface area contributed by atoms with Gasteiger partial charge in [0.1, 0.15) is 0 Å². The molecule has 0 bridgehead atoms. The summed E-state index contributed by atoms with van der Waals surface area (Å²) in [7, 11) is 0. The number of hydrogen-bond donors (Lipinski definition) is 1. The molecule has 0 aliphatic carbocycles. The quantitative estimate of drug-likeness (QED) is 0.671. The molecule has 7 heteroatoms. The Morgan fingerprint density at radius 2 is 1.88 bits per heavy atom. The van der Waals surface area contributed by atoms with Crippen molar-refractivity contribution in [1.29, 1.82) is 0 Å². The van der Waals surface area contributed by atoms with Crippen LogP contribution in [0, 0.1) is 11.6 Å². The average molecular weight is 338 g/mol. The number of rotatable bonds is 4. The fourth-order valence-electron chi connectivity index (χ4n) is 2.68. The van der Waals surface area contributed by atoms with Gasteiger partial charge in [-0.05, 0) is 25.0 Å². The average Bonchev–Trinajstić information content (AvgIpc) is 2.58. The van der Waals surface area contributed by atoms with E-state index in [-0.39, 0.29) is 5.91 Å². The van der Waals surface area contributed by atoms with Crippen molar-refractivity contribution in [3.63, 3.8) is 0 Å². The Kier molecular flexibility index (Phi) is 6.52. The molecule has 0 saturated carbocycles. The summed E-state index contributed by atoms with van der Waals surface area (Å²) in [5, 5.41) is 3.21. The van der Waals surface area contributed by atoms with E-state index in [1.54, 1.807) is 13.0 Å². The van der Waals surface area contributed by atoms with Gasteiger partial charge in [-0.3, -0.25) is 9.79 Å². The molecule has 2 rings (SSSR count). The number of halogens is 2. The number of amides is 1. The zero-order chi connectivity index (χ0) is 17.5. The maximum absolute atomic E-state index is 13.7. The maximum atomic E-state index is 13.7. The van der Waals surface area contributed by atoms with Crippen LogP contribution in [-0.4, -0.2) is 60.9 Å². The van der Waals surface area contributed by atoms with E-state index in [4.69, 9.17) is 0 Å². The third-order valence-electron chi connectivity index (χ3n) is 4.03. The van der Waals surface area contributed by atoms with Crippen molar-refractivity contribution in [1.82, 2.24) is 15.1 Å². The van der Waals surface area contributed by atoms with E-state index in [1.165, 1.54) is 6.07 Å². The molecule has 0 spiro atoms. The third kappa shape index (κ3) is 4.66. The minimum Gasteiger partial charge on any atom is -0.357 e. The Bertz CT molecular complexity index is 598. The zero-order valence-corrected chi connectivity index (χ0v) is 14.2. The van der Waals surface area contributed by atoms with Crippen LogP contribution in [0.4, 0.5) is 8.78 Å². The van der Waals surface area contributed by atoms with Crippen LogP contribution in [0.3, 0.4) is 0 Å². The summed E-state index contributed by atoms with van der Waals surface area (Å²) in [6.45, 7) is 7.39. The minimum absolute atomic E-state index is 0.0816. The third-order valence-corrected chi connectivity index (χ3v) is 4.03. The van der Waals surface area contributed by atoms with Crippen molar-refractivity contribution in [2.24, 2.45) is 4.99 Å². The van der Waals surface area contributed by atoms with E-state index in [1.807, 2.05) is 11.8 Å². The Morgan fingerprint density at radius 1 is 1.21 bits per heavy atom.